The molecule has 1 saturated heterocycles. The van der Waals surface area contributed by atoms with Gasteiger partial charge in [-0.05, 0) is 19.1 Å². The summed E-state index contributed by atoms with van der Waals surface area (Å²) in [7, 11) is 0. The highest BCUT2D eigenvalue weighted by Gasteiger charge is 2.30. The van der Waals surface area contributed by atoms with Crippen LogP contribution in [0.4, 0.5) is 0 Å². The minimum atomic E-state index is -0.294. The summed E-state index contributed by atoms with van der Waals surface area (Å²) in [5.41, 5.74) is 7.48. The predicted octanol–water partition coefficient (Wildman–Crippen LogP) is -0.185. The molecule has 0 saturated carbocycles. The van der Waals surface area contributed by atoms with E-state index in [1.807, 2.05) is 19.1 Å². The second-order valence-corrected chi connectivity index (χ2v) is 5.22. The van der Waals surface area contributed by atoms with Crippen molar-refractivity contribution >= 4 is 11.8 Å². The van der Waals surface area contributed by atoms with Crippen molar-refractivity contribution in [2.24, 2.45) is 11.7 Å². The molecule has 0 aliphatic carbocycles. The summed E-state index contributed by atoms with van der Waals surface area (Å²) in [5, 5.41) is 5.52. The molecule has 1 fully saturated rings. The highest BCUT2D eigenvalue weighted by molar-refractivity contribution is 5.94. The van der Waals surface area contributed by atoms with Gasteiger partial charge in [0.25, 0.3) is 5.91 Å². The number of carbonyl (C=O) groups is 2. The fraction of sp³-hybridized carbons (Fsp3) is 0.467. The van der Waals surface area contributed by atoms with Crippen LogP contribution in [0.25, 0.3) is 0 Å². The molecule has 0 bridgehead atoms. The van der Waals surface area contributed by atoms with E-state index < -0.39 is 0 Å². The molecule has 2 atom stereocenters. The van der Waals surface area contributed by atoms with Crippen molar-refractivity contribution in [3.8, 4) is 0 Å². The van der Waals surface area contributed by atoms with Crippen LogP contribution in [0.1, 0.15) is 15.9 Å². The van der Waals surface area contributed by atoms with Crippen molar-refractivity contribution in [3.05, 3.63) is 35.4 Å². The lowest BCUT2D eigenvalue weighted by atomic mass is 10.0. The summed E-state index contributed by atoms with van der Waals surface area (Å²) in [6, 6.07) is 7.08. The summed E-state index contributed by atoms with van der Waals surface area (Å²) >= 11 is 0. The molecule has 1 aliphatic rings. The number of ether oxygens (including phenoxy) is 1. The van der Waals surface area contributed by atoms with Crippen LogP contribution in [0.2, 0.25) is 0 Å². The zero-order chi connectivity index (χ0) is 15.2. The van der Waals surface area contributed by atoms with Gasteiger partial charge in [0.05, 0.1) is 19.1 Å². The van der Waals surface area contributed by atoms with Crippen LogP contribution >= 0.6 is 0 Å². The number of hydrogen-bond acceptors (Lipinski definition) is 4. The predicted molar refractivity (Wildman–Crippen MR) is 78.8 cm³/mol. The molecule has 114 valence electrons. The molecule has 1 aromatic rings. The minimum absolute atomic E-state index is 0.121. The van der Waals surface area contributed by atoms with E-state index in [9.17, 15) is 9.59 Å². The van der Waals surface area contributed by atoms with E-state index in [1.165, 1.54) is 0 Å². The quantitative estimate of drug-likeness (QED) is 0.656. The summed E-state index contributed by atoms with van der Waals surface area (Å²) in [4.78, 5) is 23.7. The van der Waals surface area contributed by atoms with Crippen molar-refractivity contribution in [2.75, 3.05) is 26.3 Å². The van der Waals surface area contributed by atoms with Crippen LogP contribution in [0.5, 0.6) is 0 Å². The lowest BCUT2D eigenvalue weighted by Gasteiger charge is -2.13. The molecule has 2 amide bonds. The Balaban J connectivity index is 1.68. The average Bonchev–Trinajstić information content (AvgIpc) is 2.90. The first-order valence-electron chi connectivity index (χ1n) is 7.04. The molecule has 0 radical (unpaired) electrons. The molecule has 2 unspecified atom stereocenters. The summed E-state index contributed by atoms with van der Waals surface area (Å²) in [5.74, 6) is -0.562. The lowest BCUT2D eigenvalue weighted by molar-refractivity contribution is -0.125. The highest BCUT2D eigenvalue weighted by atomic mass is 16.5. The number of nitrogens with one attached hydrogen (secondary N) is 2. The SMILES string of the molecule is Cc1ccc(C(=O)NCCNC(=O)C2COCC2N)cc1. The van der Waals surface area contributed by atoms with E-state index in [4.69, 9.17) is 10.5 Å². The van der Waals surface area contributed by atoms with Crippen molar-refractivity contribution < 1.29 is 14.3 Å². The Hall–Kier alpha value is -1.92. The second kappa shape index (κ2) is 7.19. The fourth-order valence-electron chi connectivity index (χ4n) is 2.14. The summed E-state index contributed by atoms with van der Waals surface area (Å²) < 4.78 is 5.15. The zero-order valence-corrected chi connectivity index (χ0v) is 12.1. The molecule has 4 N–H and O–H groups in total. The van der Waals surface area contributed by atoms with E-state index in [1.54, 1.807) is 12.1 Å². The van der Waals surface area contributed by atoms with Gasteiger partial charge in [0, 0.05) is 24.7 Å². The maximum Gasteiger partial charge on any atom is 0.251 e. The molecular weight excluding hydrogens is 270 g/mol. The summed E-state index contributed by atoms with van der Waals surface area (Å²) in [6.45, 7) is 3.50. The van der Waals surface area contributed by atoms with Gasteiger partial charge in [-0.25, -0.2) is 0 Å². The Morgan fingerprint density at radius 3 is 2.48 bits per heavy atom. The first-order valence-corrected chi connectivity index (χ1v) is 7.04. The molecule has 0 aromatic heterocycles. The van der Waals surface area contributed by atoms with Crippen LogP contribution in [0, 0.1) is 12.8 Å². The second-order valence-electron chi connectivity index (χ2n) is 5.22. The first kappa shape index (κ1) is 15.5. The monoisotopic (exact) mass is 291 g/mol. The third-order valence-electron chi connectivity index (χ3n) is 3.48. The Morgan fingerprint density at radius 1 is 1.19 bits per heavy atom. The van der Waals surface area contributed by atoms with Gasteiger partial charge in [-0.2, -0.15) is 0 Å². The fourth-order valence-corrected chi connectivity index (χ4v) is 2.14. The van der Waals surface area contributed by atoms with Crippen LogP contribution in [0.3, 0.4) is 0 Å². The van der Waals surface area contributed by atoms with Gasteiger partial charge >= 0.3 is 0 Å². The van der Waals surface area contributed by atoms with Crippen molar-refractivity contribution in [1.82, 2.24) is 10.6 Å². The number of aryl methyl sites for hydroxylation is 1. The van der Waals surface area contributed by atoms with Gasteiger partial charge in [-0.3, -0.25) is 9.59 Å². The number of amides is 2. The Morgan fingerprint density at radius 2 is 1.86 bits per heavy atom. The zero-order valence-electron chi connectivity index (χ0n) is 12.1. The number of benzene rings is 1. The third kappa shape index (κ3) is 4.27. The van der Waals surface area contributed by atoms with E-state index in [0.717, 1.165) is 5.56 Å². The molecule has 0 spiro atoms. The standard InChI is InChI=1S/C15H21N3O3/c1-10-2-4-11(5-3-10)14(19)17-6-7-18-15(20)12-8-21-9-13(12)16/h2-5,12-13H,6-9,16H2,1H3,(H,17,19)(H,18,20). The average molecular weight is 291 g/mol. The van der Waals surface area contributed by atoms with Gasteiger partial charge < -0.3 is 21.1 Å². The van der Waals surface area contributed by atoms with Gasteiger partial charge in [-0.1, -0.05) is 17.7 Å². The maximum absolute atomic E-state index is 11.8. The normalized spacial score (nSPS) is 21.0. The van der Waals surface area contributed by atoms with Crippen LogP contribution < -0.4 is 16.4 Å². The third-order valence-corrected chi connectivity index (χ3v) is 3.48. The molecule has 1 aliphatic heterocycles. The molecule has 6 nitrogen and oxygen atoms in total. The molecule has 6 heteroatoms. The minimum Gasteiger partial charge on any atom is -0.379 e. The highest BCUT2D eigenvalue weighted by Crippen LogP contribution is 2.11. The number of carbonyl (C=O) groups excluding carboxylic acids is 2. The summed E-state index contributed by atoms with van der Waals surface area (Å²) in [6.07, 6.45) is 0. The van der Waals surface area contributed by atoms with Gasteiger partial charge in [0.1, 0.15) is 0 Å². The van der Waals surface area contributed by atoms with Crippen LogP contribution in [0.15, 0.2) is 24.3 Å². The van der Waals surface area contributed by atoms with E-state index in [2.05, 4.69) is 10.6 Å². The largest absolute Gasteiger partial charge is 0.379 e. The number of rotatable bonds is 5. The van der Waals surface area contributed by atoms with Crippen molar-refractivity contribution in [3.63, 3.8) is 0 Å². The maximum atomic E-state index is 11.8. The van der Waals surface area contributed by atoms with E-state index >= 15 is 0 Å². The van der Waals surface area contributed by atoms with Crippen LogP contribution in [-0.4, -0.2) is 44.2 Å². The molecular formula is C15H21N3O3. The Kier molecular flexibility index (Phi) is 5.30. The van der Waals surface area contributed by atoms with E-state index in [-0.39, 0.29) is 23.8 Å². The van der Waals surface area contributed by atoms with Crippen LogP contribution in [-0.2, 0) is 9.53 Å². The van der Waals surface area contributed by atoms with Gasteiger partial charge in [0.15, 0.2) is 0 Å². The van der Waals surface area contributed by atoms with Gasteiger partial charge in [0.2, 0.25) is 5.91 Å². The Bertz CT molecular complexity index is 501. The van der Waals surface area contributed by atoms with E-state index in [0.29, 0.717) is 31.9 Å². The van der Waals surface area contributed by atoms with Crippen molar-refractivity contribution in [2.45, 2.75) is 13.0 Å². The molecule has 1 heterocycles. The number of nitrogens with two attached hydrogens (primary N) is 1. The first-order chi connectivity index (χ1) is 10.1. The van der Waals surface area contributed by atoms with Crippen molar-refractivity contribution in [1.29, 1.82) is 0 Å². The molecule has 2 rings (SSSR count). The number of hydrogen-bond donors (Lipinski definition) is 3. The van der Waals surface area contributed by atoms with Gasteiger partial charge in [-0.15, -0.1) is 0 Å². The smallest absolute Gasteiger partial charge is 0.251 e. The topological polar surface area (TPSA) is 93.5 Å². The lowest BCUT2D eigenvalue weighted by Crippen LogP contribution is -2.43. The molecule has 1 aromatic carbocycles. The molecule has 21 heavy (non-hydrogen) atoms. The Labute approximate surface area is 124 Å².